The fraction of sp³-hybridized carbons (Fsp3) is 0.611. The van der Waals surface area contributed by atoms with E-state index in [1.807, 2.05) is 32.0 Å². The number of aryl methyl sites for hydroxylation is 2. The van der Waals surface area contributed by atoms with Crippen LogP contribution in [0.4, 0.5) is 0 Å². The van der Waals surface area contributed by atoms with Gasteiger partial charge in [-0.15, -0.1) is 0 Å². The number of carbonyl (C=O) groups is 1. The second kappa shape index (κ2) is 7.19. The third-order valence-electron chi connectivity index (χ3n) is 4.80. The highest BCUT2D eigenvalue weighted by Crippen LogP contribution is 2.21. The number of aliphatic hydroxyl groups excluding tert-OH is 1. The van der Waals surface area contributed by atoms with Gasteiger partial charge in [-0.25, -0.2) is 0 Å². The summed E-state index contributed by atoms with van der Waals surface area (Å²) in [7, 11) is 0. The van der Waals surface area contributed by atoms with Crippen LogP contribution in [0, 0.1) is 13.8 Å². The topological polar surface area (TPSA) is 40.5 Å². The van der Waals surface area contributed by atoms with E-state index in [0.717, 1.165) is 36.9 Å². The summed E-state index contributed by atoms with van der Waals surface area (Å²) in [6, 6.07) is 5.88. The molecule has 2 atom stereocenters. The van der Waals surface area contributed by atoms with Gasteiger partial charge in [-0.3, -0.25) is 9.69 Å². The Morgan fingerprint density at radius 1 is 1.29 bits per heavy atom. The van der Waals surface area contributed by atoms with Crippen molar-refractivity contribution in [2.45, 2.75) is 58.5 Å². The molecular weight excluding hydrogens is 262 g/mol. The van der Waals surface area contributed by atoms with Crippen LogP contribution in [0.3, 0.4) is 0 Å². The van der Waals surface area contributed by atoms with Crippen molar-refractivity contribution >= 4 is 5.78 Å². The van der Waals surface area contributed by atoms with E-state index < -0.39 is 0 Å². The van der Waals surface area contributed by atoms with Crippen molar-refractivity contribution in [2.75, 3.05) is 13.2 Å². The summed E-state index contributed by atoms with van der Waals surface area (Å²) in [5, 5.41) is 9.62. The average Bonchev–Trinajstić information content (AvgIpc) is 2.73. The van der Waals surface area contributed by atoms with Gasteiger partial charge in [0.05, 0.1) is 12.6 Å². The zero-order valence-corrected chi connectivity index (χ0v) is 13.4. The van der Waals surface area contributed by atoms with Crippen LogP contribution in [0.5, 0.6) is 0 Å². The molecule has 1 heterocycles. The third kappa shape index (κ3) is 3.72. The monoisotopic (exact) mass is 289 g/mol. The highest BCUT2D eigenvalue weighted by Gasteiger charge is 2.29. The number of carbonyl (C=O) groups excluding carboxylic acids is 1. The minimum Gasteiger partial charge on any atom is -0.395 e. The number of rotatable bonds is 4. The van der Waals surface area contributed by atoms with Crippen molar-refractivity contribution in [3.63, 3.8) is 0 Å². The van der Waals surface area contributed by atoms with Crippen molar-refractivity contribution in [1.82, 2.24) is 4.90 Å². The molecule has 0 saturated carbocycles. The largest absolute Gasteiger partial charge is 0.395 e. The van der Waals surface area contributed by atoms with E-state index >= 15 is 0 Å². The normalized spacial score (nSPS) is 21.8. The molecule has 1 N–H and O–H groups in total. The quantitative estimate of drug-likeness (QED) is 0.866. The molecule has 0 radical (unpaired) electrons. The second-order valence-corrected chi connectivity index (χ2v) is 6.26. The van der Waals surface area contributed by atoms with E-state index in [0.29, 0.717) is 0 Å². The Kier molecular flexibility index (Phi) is 5.54. The van der Waals surface area contributed by atoms with E-state index in [1.54, 1.807) is 0 Å². The lowest BCUT2D eigenvalue weighted by Crippen LogP contribution is -2.47. The van der Waals surface area contributed by atoms with Crippen LogP contribution in [0.15, 0.2) is 18.2 Å². The first kappa shape index (κ1) is 16.2. The van der Waals surface area contributed by atoms with Crippen LogP contribution in [-0.2, 0) is 0 Å². The SMILES string of the molecule is Cc1ccc(C(=O)C(C)N2CCCCCC2CO)cc1C. The highest BCUT2D eigenvalue weighted by atomic mass is 16.3. The van der Waals surface area contributed by atoms with Crippen molar-refractivity contribution < 1.29 is 9.90 Å². The highest BCUT2D eigenvalue weighted by molar-refractivity contribution is 6.00. The predicted octanol–water partition coefficient (Wildman–Crippen LogP) is 3.11. The summed E-state index contributed by atoms with van der Waals surface area (Å²) >= 11 is 0. The number of likely N-dealkylation sites (tertiary alicyclic amines) is 1. The van der Waals surface area contributed by atoms with E-state index in [1.165, 1.54) is 12.0 Å². The molecular formula is C18H27NO2. The Bertz CT molecular complexity index is 498. The third-order valence-corrected chi connectivity index (χ3v) is 4.80. The van der Waals surface area contributed by atoms with Gasteiger partial charge in [-0.05, 0) is 57.4 Å². The molecule has 3 nitrogen and oxygen atoms in total. The number of aliphatic hydroxyl groups is 1. The Labute approximate surface area is 128 Å². The van der Waals surface area contributed by atoms with Gasteiger partial charge in [-0.1, -0.05) is 25.0 Å². The summed E-state index contributed by atoms with van der Waals surface area (Å²) in [5.41, 5.74) is 3.15. The number of hydrogen-bond donors (Lipinski definition) is 1. The molecule has 0 spiro atoms. The van der Waals surface area contributed by atoms with E-state index in [-0.39, 0.29) is 24.5 Å². The zero-order chi connectivity index (χ0) is 15.4. The van der Waals surface area contributed by atoms with Crippen molar-refractivity contribution in [3.8, 4) is 0 Å². The summed E-state index contributed by atoms with van der Waals surface area (Å²) in [4.78, 5) is 15.0. The number of ketones is 1. The summed E-state index contributed by atoms with van der Waals surface area (Å²) in [6.45, 7) is 7.13. The van der Waals surface area contributed by atoms with Crippen LogP contribution in [0.1, 0.15) is 54.1 Å². The standard InChI is InChI=1S/C18H27NO2/c1-13-8-9-16(11-14(13)2)18(21)15(3)19-10-6-4-5-7-17(19)12-20/h8-9,11,15,17,20H,4-7,10,12H2,1-3H3. The van der Waals surface area contributed by atoms with E-state index in [4.69, 9.17) is 0 Å². The average molecular weight is 289 g/mol. The fourth-order valence-corrected chi connectivity index (χ4v) is 3.19. The molecule has 0 aromatic heterocycles. The molecule has 116 valence electrons. The minimum absolute atomic E-state index is 0.123. The Morgan fingerprint density at radius 3 is 2.71 bits per heavy atom. The molecule has 0 amide bonds. The molecule has 1 fully saturated rings. The molecule has 2 unspecified atom stereocenters. The molecule has 2 rings (SSSR count). The minimum atomic E-state index is -0.164. The van der Waals surface area contributed by atoms with Crippen LogP contribution >= 0.6 is 0 Å². The predicted molar refractivity (Wildman–Crippen MR) is 85.8 cm³/mol. The first-order valence-electron chi connectivity index (χ1n) is 8.02. The smallest absolute Gasteiger partial charge is 0.179 e. The number of hydrogen-bond acceptors (Lipinski definition) is 3. The molecule has 1 saturated heterocycles. The molecule has 1 aliphatic rings. The van der Waals surface area contributed by atoms with Crippen molar-refractivity contribution in [3.05, 3.63) is 34.9 Å². The van der Waals surface area contributed by atoms with Gasteiger partial charge in [0.1, 0.15) is 0 Å². The van der Waals surface area contributed by atoms with Gasteiger partial charge < -0.3 is 5.11 Å². The first-order chi connectivity index (χ1) is 10.0. The molecule has 3 heteroatoms. The maximum absolute atomic E-state index is 12.8. The summed E-state index contributed by atoms with van der Waals surface area (Å²) < 4.78 is 0. The molecule has 0 bridgehead atoms. The Morgan fingerprint density at radius 2 is 2.05 bits per heavy atom. The molecule has 21 heavy (non-hydrogen) atoms. The van der Waals surface area contributed by atoms with Gasteiger partial charge in [-0.2, -0.15) is 0 Å². The summed E-state index contributed by atoms with van der Waals surface area (Å²) in [6.07, 6.45) is 4.44. The molecule has 1 aromatic carbocycles. The maximum atomic E-state index is 12.8. The van der Waals surface area contributed by atoms with Crippen LogP contribution in [0.2, 0.25) is 0 Å². The molecule has 1 aliphatic heterocycles. The van der Waals surface area contributed by atoms with Crippen LogP contribution < -0.4 is 0 Å². The number of Topliss-reactive ketones (excluding diaryl/α,β-unsaturated/α-hetero) is 1. The van der Waals surface area contributed by atoms with E-state index in [9.17, 15) is 9.90 Å². The van der Waals surface area contributed by atoms with Gasteiger partial charge in [0.25, 0.3) is 0 Å². The summed E-state index contributed by atoms with van der Waals surface area (Å²) in [5.74, 6) is 0.165. The lowest BCUT2D eigenvalue weighted by molar-refractivity contribution is 0.0650. The van der Waals surface area contributed by atoms with Gasteiger partial charge >= 0.3 is 0 Å². The van der Waals surface area contributed by atoms with E-state index in [2.05, 4.69) is 11.8 Å². The fourth-order valence-electron chi connectivity index (χ4n) is 3.19. The number of benzene rings is 1. The molecule has 1 aromatic rings. The Balaban J connectivity index is 2.18. The van der Waals surface area contributed by atoms with Gasteiger partial charge in [0, 0.05) is 11.6 Å². The maximum Gasteiger partial charge on any atom is 0.179 e. The molecule has 0 aliphatic carbocycles. The Hall–Kier alpha value is -1.19. The van der Waals surface area contributed by atoms with Crippen molar-refractivity contribution in [1.29, 1.82) is 0 Å². The van der Waals surface area contributed by atoms with Gasteiger partial charge in [0.15, 0.2) is 5.78 Å². The second-order valence-electron chi connectivity index (χ2n) is 6.26. The first-order valence-corrected chi connectivity index (χ1v) is 8.02. The van der Waals surface area contributed by atoms with Gasteiger partial charge in [0.2, 0.25) is 0 Å². The lowest BCUT2D eigenvalue weighted by atomic mass is 9.98. The van der Waals surface area contributed by atoms with Crippen molar-refractivity contribution in [2.24, 2.45) is 0 Å². The van der Waals surface area contributed by atoms with Crippen LogP contribution in [-0.4, -0.2) is 41.0 Å². The zero-order valence-electron chi connectivity index (χ0n) is 13.4. The number of nitrogens with zero attached hydrogens (tertiary/aromatic N) is 1. The lowest BCUT2D eigenvalue weighted by Gasteiger charge is -2.33. The van der Waals surface area contributed by atoms with Crippen LogP contribution in [0.25, 0.3) is 0 Å².